The second kappa shape index (κ2) is 7.53. The summed E-state index contributed by atoms with van der Waals surface area (Å²) in [6, 6.07) is 12.5. The molecule has 2 aromatic carbocycles. The topological polar surface area (TPSA) is 105 Å². The van der Waals surface area contributed by atoms with Crippen LogP contribution in [0.4, 0.5) is 17.1 Å². The molecular formula is C18H22N4O4S. The monoisotopic (exact) mass is 390 g/mol. The van der Waals surface area contributed by atoms with E-state index in [2.05, 4.69) is 34.0 Å². The highest BCUT2D eigenvalue weighted by atomic mass is 32.2. The smallest absolute Gasteiger partial charge is 0.293 e. The van der Waals surface area contributed by atoms with E-state index in [1.54, 1.807) is 0 Å². The lowest BCUT2D eigenvalue weighted by Gasteiger charge is -2.25. The maximum atomic E-state index is 11.9. The Bertz CT molecular complexity index is 962. The van der Waals surface area contributed by atoms with E-state index in [4.69, 9.17) is 0 Å². The van der Waals surface area contributed by atoms with Crippen molar-refractivity contribution in [2.45, 2.75) is 24.3 Å². The van der Waals surface area contributed by atoms with Gasteiger partial charge in [-0.2, -0.15) is 0 Å². The summed E-state index contributed by atoms with van der Waals surface area (Å²) in [4.78, 5) is 12.9. The van der Waals surface area contributed by atoms with Crippen LogP contribution >= 0.6 is 0 Å². The van der Waals surface area contributed by atoms with Crippen molar-refractivity contribution in [3.8, 4) is 0 Å². The van der Waals surface area contributed by atoms with Crippen molar-refractivity contribution in [3.63, 3.8) is 0 Å². The molecule has 9 heteroatoms. The van der Waals surface area contributed by atoms with E-state index in [1.165, 1.54) is 30.4 Å². The van der Waals surface area contributed by atoms with Gasteiger partial charge in [-0.3, -0.25) is 10.1 Å². The largest absolute Gasteiger partial charge is 0.378 e. The molecule has 2 N–H and O–H groups in total. The van der Waals surface area contributed by atoms with Crippen molar-refractivity contribution in [1.29, 1.82) is 0 Å². The molecule has 27 heavy (non-hydrogen) atoms. The lowest BCUT2D eigenvalue weighted by atomic mass is 10.1. The third-order valence-corrected chi connectivity index (χ3v) is 6.17. The van der Waals surface area contributed by atoms with Crippen LogP contribution in [0.25, 0.3) is 0 Å². The molecule has 0 saturated carbocycles. The molecule has 0 aliphatic carbocycles. The van der Waals surface area contributed by atoms with Crippen LogP contribution in [-0.2, 0) is 16.4 Å². The number of anilines is 2. The molecule has 1 aliphatic heterocycles. The van der Waals surface area contributed by atoms with Crippen LogP contribution in [-0.4, -0.2) is 39.5 Å². The third kappa shape index (κ3) is 3.88. The molecule has 0 aromatic heterocycles. The van der Waals surface area contributed by atoms with Crippen LogP contribution in [0, 0.1) is 10.1 Å². The van der Waals surface area contributed by atoms with Gasteiger partial charge in [0, 0.05) is 30.9 Å². The molecule has 0 spiro atoms. The second-order valence-corrected chi connectivity index (χ2v) is 8.33. The lowest BCUT2D eigenvalue weighted by molar-refractivity contribution is -0.384. The van der Waals surface area contributed by atoms with E-state index in [-0.39, 0.29) is 10.6 Å². The molecule has 2 aromatic rings. The average Bonchev–Trinajstić information content (AvgIpc) is 2.97. The summed E-state index contributed by atoms with van der Waals surface area (Å²) in [6.07, 6.45) is 0.979. The van der Waals surface area contributed by atoms with Crippen molar-refractivity contribution in [2.75, 3.05) is 30.4 Å². The predicted octanol–water partition coefficient (Wildman–Crippen LogP) is 2.37. The van der Waals surface area contributed by atoms with Gasteiger partial charge in [-0.05, 0) is 44.2 Å². The number of fused-ring (bicyclic) bond motifs is 1. The highest BCUT2D eigenvalue weighted by Gasteiger charge is 2.25. The van der Waals surface area contributed by atoms with E-state index in [1.807, 2.05) is 12.1 Å². The Morgan fingerprint density at radius 1 is 1.26 bits per heavy atom. The summed E-state index contributed by atoms with van der Waals surface area (Å²) >= 11 is 0. The zero-order chi connectivity index (χ0) is 19.6. The lowest BCUT2D eigenvalue weighted by Crippen LogP contribution is -2.33. The summed E-state index contributed by atoms with van der Waals surface area (Å²) in [7, 11) is -2.47. The third-order valence-electron chi connectivity index (χ3n) is 4.76. The molecule has 1 aliphatic rings. The van der Waals surface area contributed by atoms with Gasteiger partial charge in [0.05, 0.1) is 9.82 Å². The van der Waals surface area contributed by atoms with Gasteiger partial charge in [-0.25, -0.2) is 13.1 Å². The van der Waals surface area contributed by atoms with E-state index in [0.717, 1.165) is 12.5 Å². The molecule has 1 heterocycles. The number of para-hydroxylation sites is 1. The average molecular weight is 390 g/mol. The highest BCUT2D eigenvalue weighted by molar-refractivity contribution is 7.89. The molecule has 0 radical (unpaired) electrons. The number of rotatable bonds is 7. The fourth-order valence-electron chi connectivity index (χ4n) is 3.38. The molecule has 0 amide bonds. The molecular weight excluding hydrogens is 368 g/mol. The van der Waals surface area contributed by atoms with Gasteiger partial charge < -0.3 is 10.2 Å². The zero-order valence-corrected chi connectivity index (χ0v) is 16.0. The molecule has 144 valence electrons. The van der Waals surface area contributed by atoms with Gasteiger partial charge in [0.2, 0.25) is 10.0 Å². The predicted molar refractivity (Wildman–Crippen MR) is 105 cm³/mol. The maximum Gasteiger partial charge on any atom is 0.293 e. The Hall–Kier alpha value is -2.65. The highest BCUT2D eigenvalue weighted by Crippen LogP contribution is 2.32. The van der Waals surface area contributed by atoms with Crippen molar-refractivity contribution in [3.05, 3.63) is 58.1 Å². The number of sulfonamides is 1. The summed E-state index contributed by atoms with van der Waals surface area (Å²) in [5.41, 5.74) is 2.53. The minimum atomic E-state index is -3.74. The Labute approximate surface area is 158 Å². The number of nitro groups is 1. The van der Waals surface area contributed by atoms with Crippen LogP contribution in [0.5, 0.6) is 0 Å². The van der Waals surface area contributed by atoms with Crippen molar-refractivity contribution in [1.82, 2.24) is 4.72 Å². The first kappa shape index (κ1) is 19.1. The fourth-order valence-corrected chi connectivity index (χ4v) is 4.13. The Morgan fingerprint density at radius 2 is 2.00 bits per heavy atom. The number of nitro benzene ring substituents is 1. The van der Waals surface area contributed by atoms with Gasteiger partial charge in [0.15, 0.2) is 0 Å². The summed E-state index contributed by atoms with van der Waals surface area (Å²) in [6.45, 7) is 3.34. The first-order chi connectivity index (χ1) is 12.8. The summed E-state index contributed by atoms with van der Waals surface area (Å²) in [5.74, 6) is 0. The number of hydrogen-bond donors (Lipinski definition) is 2. The molecule has 1 unspecified atom stereocenters. The number of nitrogens with zero attached hydrogens (tertiary/aromatic N) is 2. The Morgan fingerprint density at radius 3 is 2.70 bits per heavy atom. The molecule has 8 nitrogen and oxygen atoms in total. The molecule has 0 fully saturated rings. The van der Waals surface area contributed by atoms with Gasteiger partial charge >= 0.3 is 0 Å². The van der Waals surface area contributed by atoms with Crippen molar-refractivity contribution < 1.29 is 13.3 Å². The Balaban J connectivity index is 1.74. The SMILES string of the molecule is CNS(=O)(=O)c1ccc(NCCN2c3ccccc3CC2C)c([N+](=O)[O-])c1. The van der Waals surface area contributed by atoms with Crippen LogP contribution in [0.15, 0.2) is 47.4 Å². The first-order valence-electron chi connectivity index (χ1n) is 8.64. The van der Waals surface area contributed by atoms with Crippen LogP contribution in [0.1, 0.15) is 12.5 Å². The van der Waals surface area contributed by atoms with Gasteiger partial charge in [0.1, 0.15) is 5.69 Å². The van der Waals surface area contributed by atoms with Gasteiger partial charge in [-0.1, -0.05) is 18.2 Å². The quantitative estimate of drug-likeness (QED) is 0.555. The number of nitrogens with one attached hydrogen (secondary N) is 2. The minimum Gasteiger partial charge on any atom is -0.378 e. The first-order valence-corrected chi connectivity index (χ1v) is 10.1. The second-order valence-electron chi connectivity index (χ2n) is 6.45. The Kier molecular flexibility index (Phi) is 5.33. The van der Waals surface area contributed by atoms with Gasteiger partial charge in [-0.15, -0.1) is 0 Å². The van der Waals surface area contributed by atoms with E-state index in [9.17, 15) is 18.5 Å². The van der Waals surface area contributed by atoms with Crippen molar-refractivity contribution in [2.24, 2.45) is 0 Å². The molecule has 3 rings (SSSR count). The van der Waals surface area contributed by atoms with Gasteiger partial charge in [0.25, 0.3) is 5.69 Å². The fraction of sp³-hybridized carbons (Fsp3) is 0.333. The maximum absolute atomic E-state index is 11.9. The molecule has 0 saturated heterocycles. The normalized spacial score (nSPS) is 16.2. The standard InChI is InChI=1S/C18H22N4O4S/c1-13-11-14-5-3-4-6-17(14)21(13)10-9-20-16-8-7-15(27(25,26)19-2)12-18(16)22(23)24/h3-8,12-13,19-20H,9-11H2,1-2H3. The molecule has 0 bridgehead atoms. The van der Waals surface area contributed by atoms with E-state index >= 15 is 0 Å². The number of hydrogen-bond acceptors (Lipinski definition) is 6. The minimum absolute atomic E-state index is 0.135. The summed E-state index contributed by atoms with van der Waals surface area (Å²) in [5, 5.41) is 14.4. The number of benzene rings is 2. The van der Waals surface area contributed by atoms with Crippen LogP contribution < -0.4 is 14.9 Å². The van der Waals surface area contributed by atoms with Crippen LogP contribution in [0.2, 0.25) is 0 Å². The molecule has 1 atom stereocenters. The van der Waals surface area contributed by atoms with Crippen LogP contribution in [0.3, 0.4) is 0 Å². The van der Waals surface area contributed by atoms with Crippen molar-refractivity contribution >= 4 is 27.1 Å². The van der Waals surface area contributed by atoms with E-state index in [0.29, 0.717) is 24.8 Å². The van der Waals surface area contributed by atoms with E-state index < -0.39 is 14.9 Å². The zero-order valence-electron chi connectivity index (χ0n) is 15.2. The summed E-state index contributed by atoms with van der Waals surface area (Å²) < 4.78 is 25.9.